The number of hydrogen-bond donors (Lipinski definition) is 1. The smallest absolute Gasteiger partial charge is 0.416 e. The fourth-order valence-electron chi connectivity index (χ4n) is 5.40. The van der Waals surface area contributed by atoms with Crippen LogP contribution in [0, 0.1) is 5.92 Å². The molecule has 0 radical (unpaired) electrons. The maximum Gasteiger partial charge on any atom is 0.416 e. The number of benzene rings is 2. The number of rotatable bonds is 6. The van der Waals surface area contributed by atoms with Gasteiger partial charge in [-0.15, -0.1) is 0 Å². The number of alkyl halides is 3. The second-order valence-electron chi connectivity index (χ2n) is 9.39. The molecule has 5 rings (SSSR count). The first-order valence-electron chi connectivity index (χ1n) is 12.4. The molecule has 1 fully saturated rings. The third-order valence-electron chi connectivity index (χ3n) is 7.21. The highest BCUT2D eigenvalue weighted by Gasteiger charge is 2.43. The summed E-state index contributed by atoms with van der Waals surface area (Å²) in [4.78, 5) is 22.1. The summed E-state index contributed by atoms with van der Waals surface area (Å²) in [6.45, 7) is 2.20. The summed E-state index contributed by atoms with van der Waals surface area (Å²) in [5, 5.41) is 3.02. The highest BCUT2D eigenvalue weighted by atomic mass is 19.4. The van der Waals surface area contributed by atoms with Crippen LogP contribution in [0.5, 0.6) is 5.75 Å². The number of nitrogens with zero attached hydrogens (tertiary/aromatic N) is 3. The molecule has 2 aliphatic heterocycles. The Morgan fingerprint density at radius 3 is 2.65 bits per heavy atom. The maximum atomic E-state index is 13.5. The second kappa shape index (κ2) is 10.3. The normalized spacial score (nSPS) is 19.1. The van der Waals surface area contributed by atoms with Crippen molar-refractivity contribution in [1.82, 2.24) is 10.3 Å². The van der Waals surface area contributed by atoms with E-state index < -0.39 is 17.7 Å². The van der Waals surface area contributed by atoms with Crippen LogP contribution in [0.1, 0.15) is 16.8 Å². The van der Waals surface area contributed by atoms with Crippen molar-refractivity contribution in [3.63, 3.8) is 0 Å². The van der Waals surface area contributed by atoms with Crippen LogP contribution in [0.15, 0.2) is 66.9 Å². The number of anilines is 2. The zero-order valence-corrected chi connectivity index (χ0v) is 20.5. The minimum Gasteiger partial charge on any atom is -0.495 e. The standard InChI is InChI=1S/C28H29F3N4O2/c1-37-26-8-3-2-7-24(26)34-14-15-35-23-10-9-20(28(29,30)31)16-19(23)17-22(25(35)18-34)27(36)33-13-11-21-6-4-5-12-32-21/h2-10,12,16,22,25H,11,13-15,17-18H2,1H3,(H,33,36)/t22-,25-/m1/s1. The number of aromatic nitrogens is 1. The lowest BCUT2D eigenvalue weighted by molar-refractivity contribution is -0.137. The van der Waals surface area contributed by atoms with Gasteiger partial charge in [0.05, 0.1) is 30.3 Å². The molecular formula is C28H29F3N4O2. The molecule has 194 valence electrons. The van der Waals surface area contributed by atoms with Gasteiger partial charge in [-0.05, 0) is 54.4 Å². The molecule has 1 amide bonds. The third kappa shape index (κ3) is 5.21. The number of piperazine rings is 1. The molecule has 3 aromatic rings. The number of pyridine rings is 1. The number of nitrogens with one attached hydrogen (secondary N) is 1. The molecule has 9 heteroatoms. The van der Waals surface area contributed by atoms with Crippen LogP contribution in [0.2, 0.25) is 0 Å². The van der Waals surface area contributed by atoms with Crippen LogP contribution in [0.25, 0.3) is 0 Å². The van der Waals surface area contributed by atoms with Gasteiger partial charge in [0.25, 0.3) is 0 Å². The highest BCUT2D eigenvalue weighted by Crippen LogP contribution is 2.41. The molecule has 1 N–H and O–H groups in total. The Balaban J connectivity index is 1.42. The minimum absolute atomic E-state index is 0.157. The van der Waals surface area contributed by atoms with Gasteiger partial charge >= 0.3 is 6.18 Å². The quantitative estimate of drug-likeness (QED) is 0.535. The molecule has 2 aliphatic rings. The number of para-hydroxylation sites is 2. The van der Waals surface area contributed by atoms with Crippen molar-refractivity contribution in [3.8, 4) is 5.75 Å². The average Bonchev–Trinajstić information content (AvgIpc) is 2.92. The molecule has 0 spiro atoms. The summed E-state index contributed by atoms with van der Waals surface area (Å²) in [5.41, 5.74) is 2.45. The van der Waals surface area contributed by atoms with E-state index in [9.17, 15) is 18.0 Å². The summed E-state index contributed by atoms with van der Waals surface area (Å²) < 4.78 is 46.0. The van der Waals surface area contributed by atoms with E-state index in [1.54, 1.807) is 19.4 Å². The SMILES string of the molecule is COc1ccccc1N1CCN2c3ccc(C(F)(F)F)cc3C[C@@H](C(=O)NCCc3ccccn3)[C@H]2C1. The Kier molecular flexibility index (Phi) is 6.95. The van der Waals surface area contributed by atoms with Crippen molar-refractivity contribution in [2.45, 2.75) is 25.1 Å². The van der Waals surface area contributed by atoms with Crippen molar-refractivity contribution in [2.24, 2.45) is 5.92 Å². The summed E-state index contributed by atoms with van der Waals surface area (Å²) >= 11 is 0. The van der Waals surface area contributed by atoms with Gasteiger partial charge in [0.2, 0.25) is 5.91 Å². The van der Waals surface area contributed by atoms with Gasteiger partial charge < -0.3 is 19.9 Å². The molecule has 0 unspecified atom stereocenters. The Labute approximate surface area is 214 Å². The zero-order chi connectivity index (χ0) is 26.0. The third-order valence-corrected chi connectivity index (χ3v) is 7.21. The van der Waals surface area contributed by atoms with E-state index in [2.05, 4.69) is 20.1 Å². The van der Waals surface area contributed by atoms with Crippen molar-refractivity contribution >= 4 is 17.3 Å². The lowest BCUT2D eigenvalue weighted by Gasteiger charge is -2.49. The molecule has 3 heterocycles. The van der Waals surface area contributed by atoms with Gasteiger partial charge in [0, 0.05) is 50.2 Å². The minimum atomic E-state index is -4.44. The van der Waals surface area contributed by atoms with E-state index in [-0.39, 0.29) is 18.4 Å². The number of amides is 1. The Hall–Kier alpha value is -3.75. The van der Waals surface area contributed by atoms with Crippen LogP contribution in [-0.2, 0) is 23.8 Å². The van der Waals surface area contributed by atoms with Crippen LogP contribution < -0.4 is 19.9 Å². The van der Waals surface area contributed by atoms with Crippen LogP contribution >= 0.6 is 0 Å². The molecule has 6 nitrogen and oxygen atoms in total. The van der Waals surface area contributed by atoms with E-state index in [1.807, 2.05) is 42.5 Å². The molecule has 0 saturated carbocycles. The monoisotopic (exact) mass is 510 g/mol. The first-order valence-corrected chi connectivity index (χ1v) is 12.4. The summed E-state index contributed by atoms with van der Waals surface area (Å²) in [6, 6.07) is 17.1. The predicted octanol–water partition coefficient (Wildman–Crippen LogP) is 4.34. The van der Waals surface area contributed by atoms with Gasteiger partial charge in [-0.25, -0.2) is 0 Å². The van der Waals surface area contributed by atoms with E-state index in [4.69, 9.17) is 4.74 Å². The van der Waals surface area contributed by atoms with E-state index in [1.165, 1.54) is 6.07 Å². The molecule has 1 saturated heterocycles. The van der Waals surface area contributed by atoms with Crippen molar-refractivity contribution in [2.75, 3.05) is 43.1 Å². The van der Waals surface area contributed by atoms with Gasteiger partial charge in [-0.1, -0.05) is 18.2 Å². The average molecular weight is 511 g/mol. The number of methoxy groups -OCH3 is 1. The van der Waals surface area contributed by atoms with Gasteiger partial charge in [0.1, 0.15) is 5.75 Å². The number of carbonyl (C=O) groups is 1. The van der Waals surface area contributed by atoms with Gasteiger partial charge in [0.15, 0.2) is 0 Å². The molecule has 0 bridgehead atoms. The summed E-state index contributed by atoms with van der Waals surface area (Å²) in [7, 11) is 1.63. The lowest BCUT2D eigenvalue weighted by Crippen LogP contribution is -2.61. The van der Waals surface area contributed by atoms with Gasteiger partial charge in [-0.2, -0.15) is 13.2 Å². The molecular weight excluding hydrogens is 481 g/mol. The summed E-state index contributed by atoms with van der Waals surface area (Å²) in [6.07, 6.45) is -1.90. The largest absolute Gasteiger partial charge is 0.495 e. The van der Waals surface area contributed by atoms with Crippen LogP contribution in [0.4, 0.5) is 24.5 Å². The topological polar surface area (TPSA) is 57.7 Å². The fraction of sp³-hybridized carbons (Fsp3) is 0.357. The lowest BCUT2D eigenvalue weighted by atomic mass is 9.82. The number of halogens is 3. The summed E-state index contributed by atoms with van der Waals surface area (Å²) in [5.74, 6) is 0.0893. The van der Waals surface area contributed by atoms with E-state index >= 15 is 0 Å². The maximum absolute atomic E-state index is 13.5. The predicted molar refractivity (Wildman–Crippen MR) is 136 cm³/mol. The Morgan fingerprint density at radius 1 is 1.08 bits per heavy atom. The van der Waals surface area contributed by atoms with E-state index in [0.717, 1.165) is 28.9 Å². The molecule has 1 aromatic heterocycles. The number of ether oxygens (including phenoxy) is 1. The first kappa shape index (κ1) is 24.9. The van der Waals surface area contributed by atoms with Crippen molar-refractivity contribution in [1.29, 1.82) is 0 Å². The molecule has 37 heavy (non-hydrogen) atoms. The molecule has 2 aromatic carbocycles. The van der Waals surface area contributed by atoms with Crippen LogP contribution in [-0.4, -0.2) is 50.2 Å². The van der Waals surface area contributed by atoms with Crippen molar-refractivity contribution < 1.29 is 22.7 Å². The number of hydrogen-bond acceptors (Lipinski definition) is 5. The first-order chi connectivity index (χ1) is 17.8. The highest BCUT2D eigenvalue weighted by molar-refractivity contribution is 5.82. The number of carbonyl (C=O) groups excluding carboxylic acids is 1. The van der Waals surface area contributed by atoms with Crippen molar-refractivity contribution in [3.05, 3.63) is 83.7 Å². The Bertz CT molecular complexity index is 1250. The fourth-order valence-corrected chi connectivity index (χ4v) is 5.40. The zero-order valence-electron chi connectivity index (χ0n) is 20.5. The number of fused-ring (bicyclic) bond motifs is 3. The van der Waals surface area contributed by atoms with E-state index in [0.29, 0.717) is 38.2 Å². The Morgan fingerprint density at radius 2 is 1.89 bits per heavy atom. The van der Waals surface area contributed by atoms with Gasteiger partial charge in [-0.3, -0.25) is 9.78 Å². The second-order valence-corrected chi connectivity index (χ2v) is 9.39. The molecule has 2 atom stereocenters. The molecule has 0 aliphatic carbocycles. The van der Waals surface area contributed by atoms with Crippen LogP contribution in [0.3, 0.4) is 0 Å².